The summed E-state index contributed by atoms with van der Waals surface area (Å²) in [7, 11) is 0. The zero-order valence-corrected chi connectivity index (χ0v) is 16.6. The van der Waals surface area contributed by atoms with Crippen molar-refractivity contribution in [3.63, 3.8) is 0 Å². The van der Waals surface area contributed by atoms with E-state index in [2.05, 4.69) is 33.7 Å². The first-order valence-electron chi connectivity index (χ1n) is 9.55. The Kier molecular flexibility index (Phi) is 4.49. The number of ether oxygens (including phenoxy) is 1. The van der Waals surface area contributed by atoms with E-state index in [0.717, 1.165) is 32.2 Å². The summed E-state index contributed by atoms with van der Waals surface area (Å²) in [4.78, 5) is 22.5. The van der Waals surface area contributed by atoms with Crippen LogP contribution < -0.4 is 5.73 Å². The van der Waals surface area contributed by atoms with Gasteiger partial charge in [-0.3, -0.25) is 9.20 Å². The van der Waals surface area contributed by atoms with Gasteiger partial charge in [-0.15, -0.1) is 0 Å². The van der Waals surface area contributed by atoms with Gasteiger partial charge in [0.2, 0.25) is 5.91 Å². The van der Waals surface area contributed by atoms with Crippen LogP contribution in [0.15, 0.2) is 70.8 Å². The summed E-state index contributed by atoms with van der Waals surface area (Å²) in [6.07, 6.45) is 4.91. The van der Waals surface area contributed by atoms with Crippen LogP contribution in [0.4, 0.5) is 0 Å². The number of carbonyl (C=O) groups excluding carboxylic acids is 1. The molecule has 1 aromatic carbocycles. The zero-order valence-electron chi connectivity index (χ0n) is 15.7. The largest absolute Gasteiger partial charge is 0.381 e. The Bertz CT molecular complexity index is 1210. The number of nitrogens with zero attached hydrogens (tertiary/aromatic N) is 3. The SMILES string of the molecule is NC(=O)C1(c2cccc(Sc3ccc4c(ccc5nccn54)c3)n2)CCOCC1. The van der Waals surface area contributed by atoms with Crippen molar-refractivity contribution in [2.45, 2.75) is 28.2 Å². The second-order valence-corrected chi connectivity index (χ2v) is 8.33. The fourth-order valence-corrected chi connectivity index (χ4v) is 4.82. The monoisotopic (exact) mass is 404 g/mol. The van der Waals surface area contributed by atoms with E-state index in [9.17, 15) is 4.79 Å². The quantitative estimate of drug-likeness (QED) is 0.562. The number of benzene rings is 1. The molecule has 2 N–H and O–H groups in total. The van der Waals surface area contributed by atoms with E-state index < -0.39 is 5.41 Å². The van der Waals surface area contributed by atoms with E-state index in [4.69, 9.17) is 15.5 Å². The minimum absolute atomic E-state index is 0.328. The number of rotatable bonds is 4. The van der Waals surface area contributed by atoms with Crippen molar-refractivity contribution < 1.29 is 9.53 Å². The van der Waals surface area contributed by atoms with Crippen molar-refractivity contribution in [2.75, 3.05) is 13.2 Å². The molecule has 4 heterocycles. The zero-order chi connectivity index (χ0) is 19.8. The molecule has 146 valence electrons. The van der Waals surface area contributed by atoms with E-state index in [-0.39, 0.29) is 5.91 Å². The predicted octanol–water partition coefficient (Wildman–Crippen LogP) is 3.57. The summed E-state index contributed by atoms with van der Waals surface area (Å²) in [5.41, 5.74) is 7.82. The molecule has 0 aliphatic carbocycles. The Morgan fingerprint density at radius 2 is 2.00 bits per heavy atom. The number of nitrogens with two attached hydrogens (primary N) is 1. The Morgan fingerprint density at radius 3 is 2.83 bits per heavy atom. The average Bonchev–Trinajstić information content (AvgIpc) is 3.23. The van der Waals surface area contributed by atoms with Gasteiger partial charge in [0.05, 0.1) is 16.6 Å². The normalized spacial score (nSPS) is 16.3. The molecule has 0 saturated carbocycles. The van der Waals surface area contributed by atoms with Crippen molar-refractivity contribution in [2.24, 2.45) is 5.73 Å². The van der Waals surface area contributed by atoms with Crippen molar-refractivity contribution >= 4 is 34.2 Å². The fraction of sp³-hybridized carbons (Fsp3) is 0.227. The van der Waals surface area contributed by atoms with Gasteiger partial charge < -0.3 is 10.5 Å². The smallest absolute Gasteiger partial charge is 0.229 e. The number of primary amides is 1. The first-order valence-corrected chi connectivity index (χ1v) is 10.4. The van der Waals surface area contributed by atoms with E-state index in [1.807, 2.05) is 30.5 Å². The summed E-state index contributed by atoms with van der Waals surface area (Å²) >= 11 is 1.58. The molecule has 6 nitrogen and oxygen atoms in total. The van der Waals surface area contributed by atoms with Crippen LogP contribution in [-0.2, 0) is 14.9 Å². The molecule has 29 heavy (non-hydrogen) atoms. The third-order valence-electron chi connectivity index (χ3n) is 5.59. The highest BCUT2D eigenvalue weighted by Crippen LogP contribution is 2.36. The van der Waals surface area contributed by atoms with Gasteiger partial charge >= 0.3 is 0 Å². The average molecular weight is 404 g/mol. The Balaban J connectivity index is 1.48. The van der Waals surface area contributed by atoms with Crippen LogP contribution in [0.1, 0.15) is 18.5 Å². The highest BCUT2D eigenvalue weighted by molar-refractivity contribution is 7.99. The van der Waals surface area contributed by atoms with Crippen molar-refractivity contribution in [1.29, 1.82) is 0 Å². The van der Waals surface area contributed by atoms with E-state index in [0.29, 0.717) is 26.1 Å². The topological polar surface area (TPSA) is 82.5 Å². The van der Waals surface area contributed by atoms with E-state index >= 15 is 0 Å². The van der Waals surface area contributed by atoms with Crippen LogP contribution in [0.3, 0.4) is 0 Å². The van der Waals surface area contributed by atoms with Gasteiger partial charge in [-0.05, 0) is 60.7 Å². The molecule has 0 bridgehead atoms. The number of aromatic nitrogens is 3. The minimum Gasteiger partial charge on any atom is -0.381 e. The standard InChI is InChI=1S/C22H20N4O2S/c23-21(27)22(8-12-28-13-9-22)18-2-1-3-20(25-18)29-16-5-6-17-15(14-16)4-7-19-24-10-11-26(17)19/h1-7,10-11,14H,8-9,12-13H2,(H2,23,27). The van der Waals surface area contributed by atoms with Gasteiger partial charge in [0.25, 0.3) is 0 Å². The van der Waals surface area contributed by atoms with Gasteiger partial charge in [0.1, 0.15) is 10.7 Å². The number of fused-ring (bicyclic) bond motifs is 3. The Hall–Kier alpha value is -2.90. The van der Waals surface area contributed by atoms with Gasteiger partial charge in [0.15, 0.2) is 0 Å². The summed E-state index contributed by atoms with van der Waals surface area (Å²) < 4.78 is 7.51. The van der Waals surface area contributed by atoms with Crippen molar-refractivity contribution in [3.05, 3.63) is 66.6 Å². The number of imidazole rings is 1. The fourth-order valence-electron chi connectivity index (χ4n) is 3.96. The summed E-state index contributed by atoms with van der Waals surface area (Å²) in [6, 6.07) is 16.2. The highest BCUT2D eigenvalue weighted by Gasteiger charge is 2.41. The molecule has 0 radical (unpaired) electrons. The van der Waals surface area contributed by atoms with Crippen LogP contribution in [0, 0.1) is 0 Å². The molecule has 3 aromatic heterocycles. The van der Waals surface area contributed by atoms with Crippen LogP contribution in [-0.4, -0.2) is 33.5 Å². The van der Waals surface area contributed by atoms with Crippen molar-refractivity contribution in [3.8, 4) is 0 Å². The molecular weight excluding hydrogens is 384 g/mol. The molecule has 1 fully saturated rings. The molecule has 1 saturated heterocycles. The summed E-state index contributed by atoms with van der Waals surface area (Å²) in [5, 5.41) is 1.98. The molecule has 4 aromatic rings. The lowest BCUT2D eigenvalue weighted by atomic mass is 9.76. The highest BCUT2D eigenvalue weighted by atomic mass is 32.2. The molecule has 0 atom stereocenters. The third-order valence-corrected chi connectivity index (χ3v) is 6.52. The van der Waals surface area contributed by atoms with Gasteiger partial charge in [-0.1, -0.05) is 17.8 Å². The Labute approximate surface area is 172 Å². The molecule has 1 aliphatic rings. The number of hydrogen-bond acceptors (Lipinski definition) is 5. The van der Waals surface area contributed by atoms with Crippen LogP contribution in [0.5, 0.6) is 0 Å². The maximum absolute atomic E-state index is 12.3. The second-order valence-electron chi connectivity index (χ2n) is 7.23. The van der Waals surface area contributed by atoms with Crippen LogP contribution in [0.2, 0.25) is 0 Å². The number of amides is 1. The molecule has 1 aliphatic heterocycles. The number of hydrogen-bond donors (Lipinski definition) is 1. The molecule has 0 spiro atoms. The molecular formula is C22H20N4O2S. The van der Waals surface area contributed by atoms with Crippen molar-refractivity contribution in [1.82, 2.24) is 14.4 Å². The lowest BCUT2D eigenvalue weighted by Crippen LogP contribution is -2.46. The number of carbonyl (C=O) groups is 1. The summed E-state index contributed by atoms with van der Waals surface area (Å²) in [6.45, 7) is 1.05. The maximum atomic E-state index is 12.3. The predicted molar refractivity (Wildman–Crippen MR) is 112 cm³/mol. The third kappa shape index (κ3) is 3.16. The molecule has 5 rings (SSSR count). The Morgan fingerprint density at radius 1 is 1.14 bits per heavy atom. The van der Waals surface area contributed by atoms with E-state index in [1.54, 1.807) is 18.0 Å². The van der Waals surface area contributed by atoms with Crippen LogP contribution >= 0.6 is 11.8 Å². The van der Waals surface area contributed by atoms with E-state index in [1.165, 1.54) is 0 Å². The van der Waals surface area contributed by atoms with Gasteiger partial charge in [0, 0.05) is 30.5 Å². The summed E-state index contributed by atoms with van der Waals surface area (Å²) in [5.74, 6) is -0.328. The second kappa shape index (κ2) is 7.17. The minimum atomic E-state index is -0.745. The first-order chi connectivity index (χ1) is 14.2. The van der Waals surface area contributed by atoms with Gasteiger partial charge in [-0.2, -0.15) is 0 Å². The van der Waals surface area contributed by atoms with Crippen LogP contribution in [0.25, 0.3) is 16.6 Å². The number of pyridine rings is 2. The molecule has 7 heteroatoms. The molecule has 1 amide bonds. The lowest BCUT2D eigenvalue weighted by molar-refractivity contribution is -0.127. The maximum Gasteiger partial charge on any atom is 0.229 e. The molecule has 0 unspecified atom stereocenters. The lowest BCUT2D eigenvalue weighted by Gasteiger charge is -2.33. The first kappa shape index (κ1) is 18.1. The van der Waals surface area contributed by atoms with Gasteiger partial charge in [-0.25, -0.2) is 9.97 Å².